The first-order valence-electron chi connectivity index (χ1n) is 14.9. The number of rotatable bonds is 9. The van der Waals surface area contributed by atoms with Crippen molar-refractivity contribution in [3.05, 3.63) is 98.5 Å². The average molecular weight is 673 g/mol. The Labute approximate surface area is 279 Å². The van der Waals surface area contributed by atoms with Crippen LogP contribution >= 0.6 is 23.1 Å². The summed E-state index contributed by atoms with van der Waals surface area (Å²) in [7, 11) is 5.40. The Balaban J connectivity index is 1.34. The lowest BCUT2D eigenvalue weighted by molar-refractivity contribution is -0.122. The molecule has 242 valence electrons. The summed E-state index contributed by atoms with van der Waals surface area (Å²) in [5.41, 5.74) is 2.99. The van der Waals surface area contributed by atoms with Gasteiger partial charge in [-0.05, 0) is 73.2 Å². The summed E-state index contributed by atoms with van der Waals surface area (Å²) < 4.78 is 11.6. The molecule has 1 fully saturated rings. The SMILES string of the molecule is CCOC(=O)c1ccc(NC(=O)Cn2c3c(sc2=O)[C@H](c2ccc(N(C)C)cc2)C2C(=O)N(c4ccc(OC)cc4)C(=O)C2S3)cc1. The maximum atomic E-state index is 14.1. The summed E-state index contributed by atoms with van der Waals surface area (Å²) in [6.45, 7) is 1.67. The number of carbonyl (C=O) groups is 4. The summed E-state index contributed by atoms with van der Waals surface area (Å²) >= 11 is 2.14. The van der Waals surface area contributed by atoms with E-state index >= 15 is 0 Å². The van der Waals surface area contributed by atoms with Crippen LogP contribution in [0.15, 0.2) is 82.6 Å². The zero-order valence-electron chi connectivity index (χ0n) is 26.1. The zero-order valence-corrected chi connectivity index (χ0v) is 27.7. The Hall–Kier alpha value is -4.88. The van der Waals surface area contributed by atoms with E-state index < -0.39 is 29.0 Å². The largest absolute Gasteiger partial charge is 0.497 e. The van der Waals surface area contributed by atoms with Gasteiger partial charge >= 0.3 is 10.8 Å². The van der Waals surface area contributed by atoms with E-state index in [2.05, 4.69) is 5.32 Å². The number of benzene rings is 3. The Morgan fingerprint density at radius 1 is 0.915 bits per heavy atom. The molecule has 13 heteroatoms. The fourth-order valence-corrected chi connectivity index (χ4v) is 8.60. The maximum absolute atomic E-state index is 14.1. The van der Waals surface area contributed by atoms with E-state index in [4.69, 9.17) is 9.47 Å². The highest BCUT2D eigenvalue weighted by atomic mass is 32.2. The van der Waals surface area contributed by atoms with E-state index in [1.807, 2.05) is 43.3 Å². The number of hydrogen-bond donors (Lipinski definition) is 1. The van der Waals surface area contributed by atoms with Gasteiger partial charge in [-0.3, -0.25) is 23.7 Å². The number of anilines is 3. The maximum Gasteiger partial charge on any atom is 0.338 e. The molecule has 2 aliphatic rings. The number of nitrogens with zero attached hydrogens (tertiary/aromatic N) is 3. The molecule has 0 saturated carbocycles. The van der Waals surface area contributed by atoms with Crippen LogP contribution in [0.3, 0.4) is 0 Å². The summed E-state index contributed by atoms with van der Waals surface area (Å²) in [5.74, 6) is -2.39. The normalized spacial score (nSPS) is 18.4. The molecule has 2 aliphatic heterocycles. The van der Waals surface area contributed by atoms with Crippen molar-refractivity contribution in [2.24, 2.45) is 5.92 Å². The summed E-state index contributed by atoms with van der Waals surface area (Å²) in [5, 5.41) is 2.46. The lowest BCUT2D eigenvalue weighted by atomic mass is 9.83. The Morgan fingerprint density at radius 3 is 2.21 bits per heavy atom. The van der Waals surface area contributed by atoms with Crippen molar-refractivity contribution in [3.8, 4) is 5.75 Å². The van der Waals surface area contributed by atoms with E-state index in [9.17, 15) is 24.0 Å². The van der Waals surface area contributed by atoms with Crippen molar-refractivity contribution in [2.45, 2.75) is 29.7 Å². The van der Waals surface area contributed by atoms with E-state index in [-0.39, 0.29) is 29.8 Å². The summed E-state index contributed by atoms with van der Waals surface area (Å²) in [6.07, 6.45) is 0. The fourth-order valence-electron chi connectivity index (χ4n) is 5.83. The lowest BCUT2D eigenvalue weighted by Gasteiger charge is -2.31. The van der Waals surface area contributed by atoms with Crippen LogP contribution in [0.25, 0.3) is 0 Å². The van der Waals surface area contributed by atoms with Gasteiger partial charge in [0.05, 0.1) is 35.9 Å². The standard InChI is InChI=1S/C34H32N4O7S2/c1-5-45-33(42)20-6-10-21(11-7-20)35-25(39)18-37-32-29(47-34(37)43)26(19-8-12-22(13-9-19)36(2)3)27-28(46-32)31(41)38(30(27)40)23-14-16-24(44-4)17-15-23/h6-17,26-28H,5,18H2,1-4H3,(H,35,39)/t26-,27?,28?/m1/s1. The van der Waals surface area contributed by atoms with Gasteiger partial charge < -0.3 is 19.7 Å². The van der Waals surface area contributed by atoms with E-state index in [0.29, 0.717) is 32.6 Å². The molecule has 0 spiro atoms. The van der Waals surface area contributed by atoms with Crippen molar-refractivity contribution in [1.82, 2.24) is 4.57 Å². The number of ether oxygens (including phenoxy) is 2. The monoisotopic (exact) mass is 672 g/mol. The Bertz CT molecular complexity index is 1900. The molecule has 0 radical (unpaired) electrons. The second-order valence-corrected chi connectivity index (χ2v) is 13.3. The van der Waals surface area contributed by atoms with Crippen molar-refractivity contribution < 1.29 is 28.7 Å². The number of hydrogen-bond acceptors (Lipinski definition) is 10. The molecule has 3 aromatic carbocycles. The predicted octanol–water partition coefficient (Wildman–Crippen LogP) is 4.60. The molecule has 47 heavy (non-hydrogen) atoms. The second kappa shape index (κ2) is 13.1. The average Bonchev–Trinajstić information content (AvgIpc) is 3.51. The molecule has 3 amide bonds. The van der Waals surface area contributed by atoms with Crippen molar-refractivity contribution >= 4 is 63.9 Å². The van der Waals surface area contributed by atoms with Crippen LogP contribution in [0.1, 0.15) is 33.6 Å². The topological polar surface area (TPSA) is 127 Å². The van der Waals surface area contributed by atoms with Gasteiger partial charge in [-0.25, -0.2) is 9.69 Å². The molecular formula is C34H32N4O7S2. The summed E-state index contributed by atoms with van der Waals surface area (Å²) in [6, 6.07) is 20.7. The molecule has 2 unspecified atom stereocenters. The molecule has 1 aromatic heterocycles. The van der Waals surface area contributed by atoms with Crippen LogP contribution in [-0.2, 0) is 25.7 Å². The first-order chi connectivity index (χ1) is 22.6. The second-order valence-electron chi connectivity index (χ2n) is 11.2. The number of nitrogens with one attached hydrogen (secondary N) is 1. The molecular weight excluding hydrogens is 641 g/mol. The van der Waals surface area contributed by atoms with Gasteiger partial charge in [0.25, 0.3) is 0 Å². The number of carbonyl (C=O) groups excluding carboxylic acids is 4. The first-order valence-corrected chi connectivity index (χ1v) is 16.6. The molecule has 1 saturated heterocycles. The number of thiazole rings is 1. The van der Waals surface area contributed by atoms with Crippen LogP contribution in [0.5, 0.6) is 5.75 Å². The van der Waals surface area contributed by atoms with E-state index in [0.717, 1.165) is 34.3 Å². The van der Waals surface area contributed by atoms with E-state index in [1.165, 1.54) is 9.47 Å². The predicted molar refractivity (Wildman–Crippen MR) is 181 cm³/mol. The van der Waals surface area contributed by atoms with Gasteiger partial charge in [0.2, 0.25) is 17.7 Å². The Morgan fingerprint density at radius 2 is 1.60 bits per heavy atom. The summed E-state index contributed by atoms with van der Waals surface area (Å²) in [4.78, 5) is 70.2. The van der Waals surface area contributed by atoms with E-state index in [1.54, 1.807) is 62.6 Å². The highest BCUT2D eigenvalue weighted by Gasteiger charge is 2.56. The number of aromatic nitrogens is 1. The molecule has 4 aromatic rings. The van der Waals surface area contributed by atoms with Gasteiger partial charge in [0, 0.05) is 36.3 Å². The van der Waals surface area contributed by atoms with Gasteiger partial charge in [-0.2, -0.15) is 0 Å². The number of thioether (sulfide) groups is 1. The quantitative estimate of drug-likeness (QED) is 0.201. The van der Waals surface area contributed by atoms with Crippen LogP contribution in [0.2, 0.25) is 0 Å². The lowest BCUT2D eigenvalue weighted by Crippen LogP contribution is -2.33. The highest BCUT2D eigenvalue weighted by Crippen LogP contribution is 2.54. The minimum absolute atomic E-state index is 0.248. The van der Waals surface area contributed by atoms with Crippen molar-refractivity contribution in [1.29, 1.82) is 0 Å². The fraction of sp³-hybridized carbons (Fsp3) is 0.265. The van der Waals surface area contributed by atoms with Gasteiger partial charge in [-0.15, -0.1) is 0 Å². The third kappa shape index (κ3) is 6.03. The number of esters is 1. The minimum atomic E-state index is -0.811. The molecule has 11 nitrogen and oxygen atoms in total. The number of imide groups is 1. The molecule has 0 aliphatic carbocycles. The third-order valence-electron chi connectivity index (χ3n) is 8.13. The number of methoxy groups -OCH3 is 1. The van der Waals surface area contributed by atoms with Crippen LogP contribution in [0, 0.1) is 5.92 Å². The smallest absolute Gasteiger partial charge is 0.338 e. The number of fused-ring (bicyclic) bond motifs is 2. The Kier molecular flexibility index (Phi) is 8.93. The molecule has 1 N–H and O–H groups in total. The van der Waals surface area contributed by atoms with Gasteiger partial charge in [-0.1, -0.05) is 35.2 Å². The third-order valence-corrected chi connectivity index (χ3v) is 10.7. The van der Waals surface area contributed by atoms with Crippen molar-refractivity contribution in [2.75, 3.05) is 42.9 Å². The van der Waals surface area contributed by atoms with Gasteiger partial charge in [0.15, 0.2) is 0 Å². The van der Waals surface area contributed by atoms with Crippen LogP contribution in [-0.4, -0.2) is 61.3 Å². The number of amides is 3. The molecule has 6 rings (SSSR count). The van der Waals surface area contributed by atoms with Gasteiger partial charge in [0.1, 0.15) is 17.5 Å². The minimum Gasteiger partial charge on any atom is -0.497 e. The van der Waals surface area contributed by atoms with Crippen molar-refractivity contribution in [3.63, 3.8) is 0 Å². The highest BCUT2D eigenvalue weighted by molar-refractivity contribution is 8.00. The zero-order chi connectivity index (χ0) is 33.4. The van der Waals surface area contributed by atoms with Crippen LogP contribution < -0.4 is 24.7 Å². The molecule has 3 heterocycles. The molecule has 0 bridgehead atoms. The van der Waals surface area contributed by atoms with Crippen LogP contribution in [0.4, 0.5) is 17.1 Å². The first kappa shape index (κ1) is 32.1. The molecule has 3 atom stereocenters.